The Hall–Kier alpha value is -0.950. The Balaban J connectivity index is 2.15. The number of aliphatic hydroxyl groups is 1. The first-order valence-corrected chi connectivity index (χ1v) is 6.43. The first-order chi connectivity index (χ1) is 7.86. The van der Waals surface area contributed by atoms with Gasteiger partial charge in [-0.05, 0) is 11.1 Å². The number of hydrogen-bond acceptors (Lipinski definition) is 3. The van der Waals surface area contributed by atoms with E-state index in [1.807, 2.05) is 24.3 Å². The second-order valence-electron chi connectivity index (χ2n) is 3.41. The fourth-order valence-electron chi connectivity index (χ4n) is 1.27. The molecule has 0 aliphatic carbocycles. The lowest BCUT2D eigenvalue weighted by Gasteiger charge is -2.04. The summed E-state index contributed by atoms with van der Waals surface area (Å²) in [6.45, 7) is 1.94. The van der Waals surface area contributed by atoms with Gasteiger partial charge >= 0.3 is 0 Å². The van der Waals surface area contributed by atoms with E-state index in [1.165, 1.54) is 5.56 Å². The molecule has 0 amide bonds. The topological polar surface area (TPSA) is 32.3 Å². The molecule has 1 aromatic carbocycles. The van der Waals surface area contributed by atoms with Gasteiger partial charge in [0.15, 0.2) is 0 Å². The number of nitrogens with one attached hydrogen (secondary N) is 1. The zero-order valence-electron chi connectivity index (χ0n) is 9.28. The van der Waals surface area contributed by atoms with Gasteiger partial charge in [-0.3, -0.25) is 0 Å². The summed E-state index contributed by atoms with van der Waals surface area (Å²) >= 11 is 1.76. The molecule has 0 bridgehead atoms. The van der Waals surface area contributed by atoms with Gasteiger partial charge in [0.05, 0.1) is 12.4 Å². The minimum absolute atomic E-state index is 0.108. The van der Waals surface area contributed by atoms with Gasteiger partial charge in [0.25, 0.3) is 0 Å². The lowest BCUT2D eigenvalue weighted by Crippen LogP contribution is -2.16. The molecule has 0 aromatic heterocycles. The predicted molar refractivity (Wildman–Crippen MR) is 70.2 cm³/mol. The monoisotopic (exact) mass is 235 g/mol. The summed E-state index contributed by atoms with van der Waals surface area (Å²) in [4.78, 5) is 0. The predicted octanol–water partition coefficient (Wildman–Crippen LogP) is 1.63. The zero-order chi connectivity index (χ0) is 11.6. The number of thioether (sulfide) groups is 1. The molecular weight excluding hydrogens is 218 g/mol. The van der Waals surface area contributed by atoms with E-state index in [4.69, 9.17) is 11.5 Å². The fourth-order valence-corrected chi connectivity index (χ4v) is 1.82. The van der Waals surface area contributed by atoms with Crippen molar-refractivity contribution in [3.05, 3.63) is 35.4 Å². The summed E-state index contributed by atoms with van der Waals surface area (Å²) in [6.07, 6.45) is 5.15. The van der Waals surface area contributed by atoms with E-state index in [9.17, 15) is 0 Å². The van der Waals surface area contributed by atoms with Crippen molar-refractivity contribution in [2.45, 2.75) is 13.2 Å². The molecular formula is C13H17NOS. The molecule has 1 rings (SSSR count). The highest BCUT2D eigenvalue weighted by molar-refractivity contribution is 7.99. The molecule has 0 fully saturated rings. The Kier molecular flexibility index (Phi) is 6.75. The van der Waals surface area contributed by atoms with Crippen LogP contribution in [0.5, 0.6) is 0 Å². The number of terminal acetylenes is 1. The Morgan fingerprint density at radius 2 is 1.94 bits per heavy atom. The Bertz CT molecular complexity index is 329. The van der Waals surface area contributed by atoms with Gasteiger partial charge in [-0.25, -0.2) is 0 Å². The molecule has 2 N–H and O–H groups in total. The van der Waals surface area contributed by atoms with Crippen LogP contribution in [-0.4, -0.2) is 23.2 Å². The third-order valence-electron chi connectivity index (χ3n) is 2.14. The summed E-state index contributed by atoms with van der Waals surface area (Å²) < 4.78 is 0. The first-order valence-electron chi connectivity index (χ1n) is 5.27. The van der Waals surface area contributed by atoms with Gasteiger partial charge in [0.2, 0.25) is 0 Å². The van der Waals surface area contributed by atoms with Crippen molar-refractivity contribution < 1.29 is 5.11 Å². The van der Waals surface area contributed by atoms with Crippen molar-refractivity contribution in [2.24, 2.45) is 0 Å². The molecule has 1 aromatic rings. The highest BCUT2D eigenvalue weighted by atomic mass is 32.2. The Labute approximate surface area is 101 Å². The molecule has 16 heavy (non-hydrogen) atoms. The van der Waals surface area contributed by atoms with Gasteiger partial charge in [0.1, 0.15) is 0 Å². The maximum Gasteiger partial charge on any atom is 0.0681 e. The van der Waals surface area contributed by atoms with Gasteiger partial charge < -0.3 is 10.4 Å². The van der Waals surface area contributed by atoms with E-state index in [0.717, 1.165) is 30.2 Å². The van der Waals surface area contributed by atoms with Crippen LogP contribution in [0.4, 0.5) is 0 Å². The summed E-state index contributed by atoms with van der Waals surface area (Å²) in [5.41, 5.74) is 2.19. The molecule has 0 unspecified atom stereocenters. The molecule has 0 spiro atoms. The summed E-state index contributed by atoms with van der Waals surface area (Å²) in [7, 11) is 0. The molecule has 0 saturated heterocycles. The van der Waals surface area contributed by atoms with E-state index in [0.29, 0.717) is 0 Å². The Morgan fingerprint density at radius 3 is 2.56 bits per heavy atom. The molecule has 0 radical (unpaired) electrons. The van der Waals surface area contributed by atoms with Crippen molar-refractivity contribution >= 4 is 11.8 Å². The van der Waals surface area contributed by atoms with Gasteiger partial charge in [0, 0.05) is 18.8 Å². The van der Waals surface area contributed by atoms with Gasteiger partial charge in [-0.15, -0.1) is 18.2 Å². The first kappa shape index (κ1) is 13.1. The largest absolute Gasteiger partial charge is 0.392 e. The lowest BCUT2D eigenvalue weighted by molar-refractivity contribution is 0.282. The van der Waals surface area contributed by atoms with Crippen LogP contribution in [0.15, 0.2) is 24.3 Å². The molecule has 86 valence electrons. The fraction of sp³-hybridized carbons (Fsp3) is 0.385. The van der Waals surface area contributed by atoms with Crippen molar-refractivity contribution in [3.8, 4) is 12.3 Å². The van der Waals surface area contributed by atoms with Crippen molar-refractivity contribution in [1.29, 1.82) is 0 Å². The van der Waals surface area contributed by atoms with E-state index in [1.54, 1.807) is 11.8 Å². The number of aliphatic hydroxyl groups excluding tert-OH is 1. The van der Waals surface area contributed by atoms with Crippen LogP contribution in [0.2, 0.25) is 0 Å². The minimum atomic E-state index is 0.108. The third kappa shape index (κ3) is 5.22. The minimum Gasteiger partial charge on any atom is -0.392 e. The highest BCUT2D eigenvalue weighted by Gasteiger charge is 1.93. The smallest absolute Gasteiger partial charge is 0.0681 e. The van der Waals surface area contributed by atoms with Crippen LogP contribution in [0.3, 0.4) is 0 Å². The van der Waals surface area contributed by atoms with Crippen LogP contribution < -0.4 is 5.32 Å². The van der Waals surface area contributed by atoms with Crippen molar-refractivity contribution in [3.63, 3.8) is 0 Å². The van der Waals surface area contributed by atoms with Gasteiger partial charge in [-0.2, -0.15) is 0 Å². The maximum atomic E-state index is 8.89. The van der Waals surface area contributed by atoms with Crippen LogP contribution in [-0.2, 0) is 13.2 Å². The second kappa shape index (κ2) is 8.23. The zero-order valence-corrected chi connectivity index (χ0v) is 10.1. The van der Waals surface area contributed by atoms with Crippen LogP contribution in [0.1, 0.15) is 11.1 Å². The number of rotatable bonds is 7. The second-order valence-corrected chi connectivity index (χ2v) is 4.51. The van der Waals surface area contributed by atoms with Crippen LogP contribution in [0, 0.1) is 12.3 Å². The van der Waals surface area contributed by atoms with E-state index >= 15 is 0 Å². The molecule has 0 heterocycles. The van der Waals surface area contributed by atoms with E-state index in [2.05, 4.69) is 11.2 Å². The normalized spacial score (nSPS) is 10.0. The molecule has 2 nitrogen and oxygen atoms in total. The van der Waals surface area contributed by atoms with Crippen LogP contribution in [0.25, 0.3) is 0 Å². The van der Waals surface area contributed by atoms with Gasteiger partial charge in [-0.1, -0.05) is 30.2 Å². The summed E-state index contributed by atoms with van der Waals surface area (Å²) in [5.74, 6) is 4.43. The van der Waals surface area contributed by atoms with Crippen molar-refractivity contribution in [2.75, 3.05) is 18.1 Å². The third-order valence-corrected chi connectivity index (χ3v) is 3.01. The summed E-state index contributed by atoms with van der Waals surface area (Å²) in [5, 5.41) is 12.2. The molecule has 0 saturated carbocycles. The number of benzene rings is 1. The standard InChI is InChI=1S/C13H17NOS/c1-2-8-16-9-7-14-10-12-3-5-13(11-15)6-4-12/h1,3-6,14-15H,7-11H2. The van der Waals surface area contributed by atoms with E-state index < -0.39 is 0 Å². The Morgan fingerprint density at radius 1 is 1.25 bits per heavy atom. The average Bonchev–Trinajstić information content (AvgIpc) is 2.34. The van der Waals surface area contributed by atoms with Crippen LogP contribution >= 0.6 is 11.8 Å². The average molecular weight is 235 g/mol. The van der Waals surface area contributed by atoms with Crippen molar-refractivity contribution in [1.82, 2.24) is 5.32 Å². The highest BCUT2D eigenvalue weighted by Crippen LogP contribution is 2.04. The molecule has 0 aliphatic heterocycles. The molecule has 0 aliphatic rings. The SMILES string of the molecule is C#CCSCCNCc1ccc(CO)cc1. The maximum absolute atomic E-state index is 8.89. The molecule has 3 heteroatoms. The quantitative estimate of drug-likeness (QED) is 0.556. The summed E-state index contributed by atoms with van der Waals surface area (Å²) in [6, 6.07) is 7.97. The van der Waals surface area contributed by atoms with E-state index in [-0.39, 0.29) is 6.61 Å². The molecule has 0 atom stereocenters. The lowest BCUT2D eigenvalue weighted by atomic mass is 10.1. The number of hydrogen-bond donors (Lipinski definition) is 2.